The molecule has 0 heterocycles. The Labute approximate surface area is 187 Å². The van der Waals surface area contributed by atoms with Gasteiger partial charge in [0.2, 0.25) is 0 Å². The van der Waals surface area contributed by atoms with Crippen molar-refractivity contribution in [3.63, 3.8) is 0 Å². The van der Waals surface area contributed by atoms with Crippen LogP contribution >= 0.6 is 0 Å². The molecule has 176 valence electrons. The van der Waals surface area contributed by atoms with E-state index in [2.05, 4.69) is 20.8 Å². The maximum atomic E-state index is 11.1. The van der Waals surface area contributed by atoms with Crippen LogP contribution in [-0.4, -0.2) is 22.4 Å². The smallest absolute Gasteiger partial charge is 0.0573 e. The normalized spacial score (nSPS) is 46.1. The highest BCUT2D eigenvalue weighted by atomic mass is 16.3. The first-order chi connectivity index (χ1) is 14.4. The van der Waals surface area contributed by atoms with E-state index in [0.29, 0.717) is 16.7 Å². The van der Waals surface area contributed by atoms with E-state index in [4.69, 9.17) is 0 Å². The zero-order valence-corrected chi connectivity index (χ0v) is 20.8. The van der Waals surface area contributed by atoms with Gasteiger partial charge in [-0.1, -0.05) is 60.3 Å². The first-order valence-electron chi connectivity index (χ1n) is 13.8. The fraction of sp³-hybridized carbons (Fsp3) is 1.00. The van der Waals surface area contributed by atoms with Crippen molar-refractivity contribution < 1.29 is 10.2 Å². The van der Waals surface area contributed by atoms with Crippen LogP contribution in [0.3, 0.4) is 0 Å². The largest absolute Gasteiger partial charge is 0.393 e. The molecule has 0 bridgehead atoms. The molecule has 30 heavy (non-hydrogen) atoms. The summed E-state index contributed by atoms with van der Waals surface area (Å²) in [6, 6.07) is 0. The number of aliphatic hydroxyl groups excluding tert-OH is 2. The van der Waals surface area contributed by atoms with Crippen LogP contribution in [0.15, 0.2) is 0 Å². The Hall–Kier alpha value is -0.0800. The van der Waals surface area contributed by atoms with Crippen LogP contribution in [0, 0.1) is 40.4 Å². The van der Waals surface area contributed by atoms with E-state index in [1.54, 1.807) is 0 Å². The third kappa shape index (κ3) is 4.39. The van der Waals surface area contributed by atoms with Crippen molar-refractivity contribution in [2.45, 2.75) is 137 Å². The summed E-state index contributed by atoms with van der Waals surface area (Å²) in [5, 5.41) is 21.3. The minimum atomic E-state index is -0.0693. The Kier molecular flexibility index (Phi) is 8.38. The molecule has 4 rings (SSSR count). The van der Waals surface area contributed by atoms with Gasteiger partial charge in [0.1, 0.15) is 0 Å². The molecule has 0 radical (unpaired) electrons. The molecule has 0 aliphatic heterocycles. The summed E-state index contributed by atoms with van der Waals surface area (Å²) in [6.45, 7) is 11.4. The van der Waals surface area contributed by atoms with E-state index >= 15 is 0 Å². The van der Waals surface area contributed by atoms with Gasteiger partial charge in [0.25, 0.3) is 0 Å². The summed E-state index contributed by atoms with van der Waals surface area (Å²) in [6.07, 6.45) is 17.4. The third-order valence-corrected chi connectivity index (χ3v) is 10.5. The van der Waals surface area contributed by atoms with Crippen molar-refractivity contribution in [3.8, 4) is 0 Å². The summed E-state index contributed by atoms with van der Waals surface area (Å²) in [5.74, 6) is 3.89. The highest BCUT2D eigenvalue weighted by molar-refractivity contribution is 5.10. The molecule has 9 atom stereocenters. The van der Waals surface area contributed by atoms with Gasteiger partial charge >= 0.3 is 0 Å². The predicted molar refractivity (Wildman–Crippen MR) is 127 cm³/mol. The Bertz CT molecular complexity index is 533. The van der Waals surface area contributed by atoms with Crippen LogP contribution in [0.25, 0.3) is 0 Å². The average molecular weight is 421 g/mol. The van der Waals surface area contributed by atoms with E-state index in [1.807, 2.05) is 13.8 Å². The minimum absolute atomic E-state index is 0.0396. The summed E-state index contributed by atoms with van der Waals surface area (Å²) in [7, 11) is 0. The second-order valence-electron chi connectivity index (χ2n) is 11.7. The first kappa shape index (κ1) is 24.6. The monoisotopic (exact) mass is 420 g/mol. The number of fused-ring (bicyclic) bond motifs is 5. The number of unbranched alkanes of at least 4 members (excludes halogenated alkanes) is 3. The lowest BCUT2D eigenvalue weighted by Gasteiger charge is -2.61. The molecule has 6 unspecified atom stereocenters. The third-order valence-electron chi connectivity index (χ3n) is 10.5. The molecule has 0 aromatic heterocycles. The molecule has 2 nitrogen and oxygen atoms in total. The number of hydrogen-bond acceptors (Lipinski definition) is 2. The Balaban J connectivity index is 0.00000124. The zero-order chi connectivity index (χ0) is 21.9. The van der Waals surface area contributed by atoms with Crippen LogP contribution in [0.5, 0.6) is 0 Å². The number of rotatable bonds is 6. The van der Waals surface area contributed by atoms with Gasteiger partial charge in [0, 0.05) is 0 Å². The number of aliphatic hydroxyl groups is 2. The lowest BCUT2D eigenvalue weighted by atomic mass is 9.44. The van der Waals surface area contributed by atoms with Gasteiger partial charge in [-0.05, 0) is 105 Å². The molecule has 0 saturated heterocycles. The van der Waals surface area contributed by atoms with Crippen LogP contribution in [0.2, 0.25) is 0 Å². The summed E-state index contributed by atoms with van der Waals surface area (Å²) in [4.78, 5) is 0. The Morgan fingerprint density at radius 1 is 0.833 bits per heavy atom. The van der Waals surface area contributed by atoms with Crippen molar-refractivity contribution in [1.29, 1.82) is 0 Å². The zero-order valence-electron chi connectivity index (χ0n) is 20.8. The van der Waals surface area contributed by atoms with Crippen molar-refractivity contribution in [3.05, 3.63) is 0 Å². The first-order valence-corrected chi connectivity index (χ1v) is 13.8. The van der Waals surface area contributed by atoms with Crippen molar-refractivity contribution in [1.82, 2.24) is 0 Å². The minimum Gasteiger partial charge on any atom is -0.393 e. The quantitative estimate of drug-likeness (QED) is 0.440. The fourth-order valence-corrected chi connectivity index (χ4v) is 8.89. The van der Waals surface area contributed by atoms with Gasteiger partial charge in [-0.25, -0.2) is 0 Å². The van der Waals surface area contributed by atoms with Gasteiger partial charge in [-0.2, -0.15) is 0 Å². The Morgan fingerprint density at radius 3 is 2.27 bits per heavy atom. The maximum Gasteiger partial charge on any atom is 0.0573 e. The highest BCUT2D eigenvalue weighted by Crippen LogP contribution is 2.67. The topological polar surface area (TPSA) is 40.5 Å². The summed E-state index contributed by atoms with van der Waals surface area (Å²) < 4.78 is 0. The molecule has 0 amide bonds. The molecular weight excluding hydrogens is 368 g/mol. The predicted octanol–water partition coefficient (Wildman–Crippen LogP) is 7.36. The maximum absolute atomic E-state index is 11.1. The molecule has 0 spiro atoms. The number of hydrogen-bond donors (Lipinski definition) is 2. The molecule has 4 aliphatic carbocycles. The summed E-state index contributed by atoms with van der Waals surface area (Å²) >= 11 is 0. The SMILES string of the molecule is CC.CCCCCC[C@H](O)C1CCC2C3CCC4CC(O)CC[C@]4(C)C3CC[C@@]21C. The molecule has 2 heteroatoms. The second kappa shape index (κ2) is 10.2. The van der Waals surface area contributed by atoms with E-state index in [9.17, 15) is 10.2 Å². The van der Waals surface area contributed by atoms with Crippen LogP contribution in [0.4, 0.5) is 0 Å². The molecule has 4 aliphatic rings. The van der Waals surface area contributed by atoms with Crippen LogP contribution in [0.1, 0.15) is 125 Å². The van der Waals surface area contributed by atoms with Gasteiger partial charge in [0.05, 0.1) is 12.2 Å². The van der Waals surface area contributed by atoms with Gasteiger partial charge in [-0.3, -0.25) is 0 Å². The van der Waals surface area contributed by atoms with Crippen molar-refractivity contribution in [2.75, 3.05) is 0 Å². The van der Waals surface area contributed by atoms with E-state index < -0.39 is 0 Å². The van der Waals surface area contributed by atoms with Crippen LogP contribution in [-0.2, 0) is 0 Å². The molecular formula is C28H52O2. The fourth-order valence-electron chi connectivity index (χ4n) is 8.89. The standard InChI is InChI=1S/C26H46O2.C2H6/c1-4-5-6-7-8-24(28)23-12-11-21-20-10-9-18-17-19(27)13-15-25(18,2)22(20)14-16-26(21,23)3;1-2/h18-24,27-28H,4-17H2,1-3H3;1-2H3/t18?,19?,20?,21?,22?,23?,24-,25-,26-;/m0./s1. The van der Waals surface area contributed by atoms with Gasteiger partial charge in [0.15, 0.2) is 0 Å². The molecule has 2 N–H and O–H groups in total. The van der Waals surface area contributed by atoms with Gasteiger partial charge < -0.3 is 10.2 Å². The molecule has 0 aromatic carbocycles. The van der Waals surface area contributed by atoms with Crippen molar-refractivity contribution >= 4 is 0 Å². The molecule has 0 aromatic rings. The highest BCUT2D eigenvalue weighted by Gasteiger charge is 2.60. The van der Waals surface area contributed by atoms with E-state index in [0.717, 1.165) is 42.9 Å². The molecule has 4 saturated carbocycles. The average Bonchev–Trinajstić information content (AvgIpc) is 3.10. The second-order valence-corrected chi connectivity index (χ2v) is 11.7. The van der Waals surface area contributed by atoms with Crippen LogP contribution < -0.4 is 0 Å². The summed E-state index contributed by atoms with van der Waals surface area (Å²) in [5.41, 5.74) is 0.850. The Morgan fingerprint density at radius 2 is 1.53 bits per heavy atom. The van der Waals surface area contributed by atoms with E-state index in [-0.39, 0.29) is 12.2 Å². The lowest BCUT2D eigenvalue weighted by molar-refractivity contribution is -0.133. The van der Waals surface area contributed by atoms with Crippen molar-refractivity contribution in [2.24, 2.45) is 40.4 Å². The lowest BCUT2D eigenvalue weighted by Crippen LogP contribution is -2.54. The van der Waals surface area contributed by atoms with Gasteiger partial charge in [-0.15, -0.1) is 0 Å². The van der Waals surface area contributed by atoms with E-state index in [1.165, 1.54) is 70.6 Å². The molecule has 4 fully saturated rings.